The van der Waals surface area contributed by atoms with Crippen LogP contribution in [-0.2, 0) is 9.53 Å². The highest BCUT2D eigenvalue weighted by Crippen LogP contribution is 2.34. The molecule has 13 heavy (non-hydrogen) atoms. The van der Waals surface area contributed by atoms with Gasteiger partial charge in [-0.1, -0.05) is 19.8 Å². The molecule has 1 aliphatic heterocycles. The Morgan fingerprint density at radius 1 is 1.15 bits per heavy atom. The summed E-state index contributed by atoms with van der Waals surface area (Å²) in [6.45, 7) is 1.97. The van der Waals surface area contributed by atoms with Crippen LogP contribution in [0.25, 0.3) is 0 Å². The van der Waals surface area contributed by atoms with E-state index in [1.807, 2.05) is 6.92 Å². The Labute approximate surface area is 79.7 Å². The highest BCUT2D eigenvalue weighted by Gasteiger charge is 2.33. The van der Waals surface area contributed by atoms with Crippen LogP contribution in [0.5, 0.6) is 0 Å². The van der Waals surface area contributed by atoms with E-state index in [1.54, 1.807) is 0 Å². The van der Waals surface area contributed by atoms with Crippen LogP contribution in [0.15, 0.2) is 0 Å². The first kappa shape index (κ1) is 9.04. The predicted octanol–water partition coefficient (Wildman–Crippen LogP) is 2.52. The summed E-state index contributed by atoms with van der Waals surface area (Å²) in [5.41, 5.74) is 0. The average molecular weight is 182 g/mol. The molecule has 0 aromatic carbocycles. The number of esters is 1. The number of hydrogen-bond acceptors (Lipinski definition) is 2. The number of hydrogen-bond donors (Lipinski definition) is 0. The van der Waals surface area contributed by atoms with Crippen molar-refractivity contribution in [2.24, 2.45) is 11.8 Å². The van der Waals surface area contributed by atoms with Crippen molar-refractivity contribution in [1.82, 2.24) is 0 Å². The van der Waals surface area contributed by atoms with Gasteiger partial charge < -0.3 is 4.74 Å². The average Bonchev–Trinajstić information content (AvgIpc) is 2.62. The lowest BCUT2D eigenvalue weighted by atomic mass is 9.91. The molecule has 2 nitrogen and oxygen atoms in total. The highest BCUT2D eigenvalue weighted by molar-refractivity contribution is 5.72. The molecule has 1 saturated heterocycles. The molecule has 2 fully saturated rings. The first-order chi connectivity index (χ1) is 6.27. The maximum atomic E-state index is 11.3. The van der Waals surface area contributed by atoms with Crippen LogP contribution in [0, 0.1) is 11.8 Å². The van der Waals surface area contributed by atoms with E-state index in [0.29, 0.717) is 5.92 Å². The van der Waals surface area contributed by atoms with Crippen molar-refractivity contribution in [1.29, 1.82) is 0 Å². The lowest BCUT2D eigenvalue weighted by molar-refractivity contribution is -0.162. The van der Waals surface area contributed by atoms with E-state index < -0.39 is 0 Å². The van der Waals surface area contributed by atoms with Gasteiger partial charge in [0.15, 0.2) is 0 Å². The normalized spacial score (nSPS) is 36.2. The molecule has 2 heteroatoms. The summed E-state index contributed by atoms with van der Waals surface area (Å²) in [5, 5.41) is 0. The third-order valence-electron chi connectivity index (χ3n) is 3.48. The van der Waals surface area contributed by atoms with E-state index in [1.165, 1.54) is 25.7 Å². The zero-order chi connectivity index (χ0) is 9.26. The van der Waals surface area contributed by atoms with Crippen LogP contribution in [-0.4, -0.2) is 12.1 Å². The van der Waals surface area contributed by atoms with Gasteiger partial charge in [0.1, 0.15) is 6.10 Å². The van der Waals surface area contributed by atoms with Gasteiger partial charge in [0.2, 0.25) is 0 Å². The zero-order valence-electron chi connectivity index (χ0n) is 8.29. The van der Waals surface area contributed by atoms with Crippen molar-refractivity contribution in [3.8, 4) is 0 Å². The van der Waals surface area contributed by atoms with Crippen molar-refractivity contribution >= 4 is 5.97 Å². The van der Waals surface area contributed by atoms with Crippen molar-refractivity contribution < 1.29 is 9.53 Å². The summed E-state index contributed by atoms with van der Waals surface area (Å²) in [4.78, 5) is 11.3. The van der Waals surface area contributed by atoms with E-state index in [9.17, 15) is 4.79 Å². The minimum atomic E-state index is 0.0307. The molecule has 2 unspecified atom stereocenters. The molecule has 2 atom stereocenters. The summed E-state index contributed by atoms with van der Waals surface area (Å²) in [7, 11) is 0. The fourth-order valence-corrected chi connectivity index (χ4v) is 2.52. The quantitative estimate of drug-likeness (QED) is 0.582. The van der Waals surface area contributed by atoms with Gasteiger partial charge in [-0.05, 0) is 31.6 Å². The lowest BCUT2D eigenvalue weighted by Gasteiger charge is -2.30. The van der Waals surface area contributed by atoms with Crippen LogP contribution in [0.2, 0.25) is 0 Å². The van der Waals surface area contributed by atoms with E-state index in [0.717, 1.165) is 12.8 Å². The molecule has 0 amide bonds. The van der Waals surface area contributed by atoms with E-state index >= 15 is 0 Å². The van der Waals surface area contributed by atoms with Gasteiger partial charge in [-0.3, -0.25) is 4.79 Å². The van der Waals surface area contributed by atoms with Gasteiger partial charge in [0, 0.05) is 0 Å². The molecule has 0 spiro atoms. The second kappa shape index (κ2) is 3.69. The van der Waals surface area contributed by atoms with Crippen LogP contribution >= 0.6 is 0 Å². The molecule has 0 bridgehead atoms. The molecule has 0 aromatic rings. The zero-order valence-corrected chi connectivity index (χ0v) is 8.29. The van der Waals surface area contributed by atoms with Gasteiger partial charge in [-0.15, -0.1) is 0 Å². The summed E-state index contributed by atoms with van der Waals surface area (Å²) in [5.74, 6) is 0.845. The highest BCUT2D eigenvalue weighted by atomic mass is 16.5. The first-order valence-corrected chi connectivity index (χ1v) is 5.48. The maximum absolute atomic E-state index is 11.3. The molecule has 1 heterocycles. The molecule has 0 radical (unpaired) electrons. The van der Waals surface area contributed by atoms with Crippen molar-refractivity contribution in [2.75, 3.05) is 0 Å². The molecule has 2 aliphatic rings. The first-order valence-electron chi connectivity index (χ1n) is 5.48. The minimum absolute atomic E-state index is 0.0307. The standard InChI is InChI=1S/C11H18O2/c1-8-6-7-10(13-11(8)12)9-4-2-3-5-9/h8-10H,2-7H2,1H3. The Balaban J connectivity index is 1.90. The van der Waals surface area contributed by atoms with Crippen molar-refractivity contribution in [3.05, 3.63) is 0 Å². The molecule has 74 valence electrons. The second-order valence-electron chi connectivity index (χ2n) is 4.50. The third kappa shape index (κ3) is 1.87. The smallest absolute Gasteiger partial charge is 0.308 e. The van der Waals surface area contributed by atoms with Gasteiger partial charge in [0.05, 0.1) is 5.92 Å². The Bertz CT molecular complexity index is 194. The predicted molar refractivity (Wildman–Crippen MR) is 50.2 cm³/mol. The van der Waals surface area contributed by atoms with E-state index in [2.05, 4.69) is 0 Å². The van der Waals surface area contributed by atoms with Gasteiger partial charge >= 0.3 is 5.97 Å². The van der Waals surface area contributed by atoms with Gasteiger partial charge in [-0.25, -0.2) is 0 Å². The third-order valence-corrected chi connectivity index (χ3v) is 3.48. The fourth-order valence-electron chi connectivity index (χ4n) is 2.52. The topological polar surface area (TPSA) is 26.3 Å². The molecule has 0 aromatic heterocycles. The van der Waals surface area contributed by atoms with E-state index in [4.69, 9.17) is 4.74 Å². The summed E-state index contributed by atoms with van der Waals surface area (Å²) in [6, 6.07) is 0. The molecule has 1 aliphatic carbocycles. The van der Waals surface area contributed by atoms with Crippen molar-refractivity contribution in [3.63, 3.8) is 0 Å². The van der Waals surface area contributed by atoms with Crippen LogP contribution in [0.3, 0.4) is 0 Å². The Kier molecular flexibility index (Phi) is 2.56. The van der Waals surface area contributed by atoms with Crippen LogP contribution in [0.4, 0.5) is 0 Å². The second-order valence-corrected chi connectivity index (χ2v) is 4.50. The van der Waals surface area contributed by atoms with Gasteiger partial charge in [0.25, 0.3) is 0 Å². The lowest BCUT2D eigenvalue weighted by Crippen LogP contribution is -2.33. The monoisotopic (exact) mass is 182 g/mol. The molecule has 0 N–H and O–H groups in total. The van der Waals surface area contributed by atoms with E-state index in [-0.39, 0.29) is 18.0 Å². The largest absolute Gasteiger partial charge is 0.462 e. The molecular formula is C11H18O2. The van der Waals surface area contributed by atoms with Crippen LogP contribution < -0.4 is 0 Å². The number of carbonyl (C=O) groups excluding carboxylic acids is 1. The maximum Gasteiger partial charge on any atom is 0.308 e. The SMILES string of the molecule is CC1CCC(C2CCCC2)OC1=O. The fraction of sp³-hybridized carbons (Fsp3) is 0.909. The number of rotatable bonds is 1. The molecular weight excluding hydrogens is 164 g/mol. The van der Waals surface area contributed by atoms with Crippen molar-refractivity contribution in [2.45, 2.75) is 51.6 Å². The number of carbonyl (C=O) groups is 1. The number of cyclic esters (lactones) is 1. The van der Waals surface area contributed by atoms with Gasteiger partial charge in [-0.2, -0.15) is 0 Å². The summed E-state index contributed by atoms with van der Waals surface area (Å²) >= 11 is 0. The molecule has 1 saturated carbocycles. The Morgan fingerprint density at radius 3 is 2.46 bits per heavy atom. The minimum Gasteiger partial charge on any atom is -0.462 e. The van der Waals surface area contributed by atoms with Crippen LogP contribution in [0.1, 0.15) is 45.4 Å². The Morgan fingerprint density at radius 2 is 1.85 bits per heavy atom. The Hall–Kier alpha value is -0.530. The molecule has 2 rings (SSSR count). The summed E-state index contributed by atoms with van der Waals surface area (Å²) in [6.07, 6.45) is 7.57. The summed E-state index contributed by atoms with van der Waals surface area (Å²) < 4.78 is 5.44. The number of ether oxygens (including phenoxy) is 1.